The molecule has 0 bridgehead atoms. The second-order valence-electron chi connectivity index (χ2n) is 8.32. The van der Waals surface area contributed by atoms with E-state index in [2.05, 4.69) is 10.6 Å². The summed E-state index contributed by atoms with van der Waals surface area (Å²) >= 11 is 0. The van der Waals surface area contributed by atoms with Gasteiger partial charge < -0.3 is 15.5 Å². The number of hydrogen-bond donors (Lipinski definition) is 2. The summed E-state index contributed by atoms with van der Waals surface area (Å²) in [4.78, 5) is 26.9. The molecule has 2 aliphatic heterocycles. The van der Waals surface area contributed by atoms with E-state index in [1.165, 1.54) is 0 Å². The molecule has 2 amide bonds. The van der Waals surface area contributed by atoms with Crippen molar-refractivity contribution in [1.29, 1.82) is 0 Å². The van der Waals surface area contributed by atoms with Crippen LogP contribution in [0.5, 0.6) is 0 Å². The number of hydrogen-bond acceptors (Lipinski definition) is 3. The van der Waals surface area contributed by atoms with E-state index in [1.807, 2.05) is 26.8 Å². The fourth-order valence-corrected chi connectivity index (χ4v) is 3.71. The molecule has 2 heterocycles. The van der Waals surface area contributed by atoms with Gasteiger partial charge in [0.2, 0.25) is 11.8 Å². The summed E-state index contributed by atoms with van der Waals surface area (Å²) in [6.45, 7) is 8.14. The molecule has 1 saturated heterocycles. The Kier molecular flexibility index (Phi) is 5.32. The lowest BCUT2D eigenvalue weighted by Crippen LogP contribution is -2.47. The van der Waals surface area contributed by atoms with Gasteiger partial charge in [0.05, 0.1) is 11.6 Å². The van der Waals surface area contributed by atoms with Crippen molar-refractivity contribution in [1.82, 2.24) is 10.2 Å². The van der Waals surface area contributed by atoms with Crippen molar-refractivity contribution in [3.63, 3.8) is 0 Å². The average molecular weight is 361 g/mol. The van der Waals surface area contributed by atoms with E-state index in [1.54, 1.807) is 11.0 Å². The fourth-order valence-electron chi connectivity index (χ4n) is 3.71. The van der Waals surface area contributed by atoms with Gasteiger partial charge in [0.15, 0.2) is 0 Å². The summed E-state index contributed by atoms with van der Waals surface area (Å²) in [5, 5.41) is 5.97. The lowest BCUT2D eigenvalue weighted by Gasteiger charge is -2.36. The molecule has 5 nitrogen and oxygen atoms in total. The van der Waals surface area contributed by atoms with E-state index >= 15 is 0 Å². The molecule has 0 radical (unpaired) electrons. The number of nitrogens with one attached hydrogen (secondary N) is 2. The first-order chi connectivity index (χ1) is 12.3. The molecule has 0 aliphatic carbocycles. The van der Waals surface area contributed by atoms with Gasteiger partial charge in [0, 0.05) is 25.0 Å². The Balaban J connectivity index is 1.69. The molecule has 6 heteroatoms. The minimum absolute atomic E-state index is 0.0578. The van der Waals surface area contributed by atoms with Gasteiger partial charge in [-0.2, -0.15) is 0 Å². The molecule has 142 valence electrons. The number of nitrogens with zero attached hydrogens (tertiary/aromatic N) is 1. The van der Waals surface area contributed by atoms with Gasteiger partial charge in [-0.15, -0.1) is 0 Å². The summed E-state index contributed by atoms with van der Waals surface area (Å²) in [5.74, 6) is -0.769. The number of benzene rings is 1. The number of carbonyl (C=O) groups is 2. The van der Waals surface area contributed by atoms with Crippen LogP contribution >= 0.6 is 0 Å². The van der Waals surface area contributed by atoms with Crippen LogP contribution in [0.4, 0.5) is 10.1 Å². The largest absolute Gasteiger partial charge is 0.341 e. The Bertz CT molecular complexity index is 712. The number of amides is 2. The molecular formula is C20H28FN3O2. The maximum atomic E-state index is 14.7. The zero-order chi connectivity index (χ0) is 18.9. The van der Waals surface area contributed by atoms with Gasteiger partial charge in [-0.05, 0) is 43.0 Å². The highest BCUT2D eigenvalue weighted by molar-refractivity contribution is 5.93. The Morgan fingerprint density at radius 1 is 1.31 bits per heavy atom. The maximum Gasteiger partial charge on any atom is 0.229 e. The number of halogens is 1. The SMILES string of the molecule is CC(C)(C)C(=O)N1CCCC(C(=O)Nc2ccc3c(c2F)CCNC3)C1. The molecule has 2 aliphatic rings. The van der Waals surface area contributed by atoms with E-state index in [9.17, 15) is 14.0 Å². The van der Waals surface area contributed by atoms with Crippen LogP contribution in [-0.2, 0) is 22.6 Å². The van der Waals surface area contributed by atoms with E-state index in [0.717, 1.165) is 24.9 Å². The number of fused-ring (bicyclic) bond motifs is 1. The number of rotatable bonds is 2. The molecule has 1 unspecified atom stereocenters. The zero-order valence-electron chi connectivity index (χ0n) is 15.8. The van der Waals surface area contributed by atoms with Crippen LogP contribution in [-0.4, -0.2) is 36.3 Å². The normalized spacial score (nSPS) is 20.5. The van der Waals surface area contributed by atoms with Crippen molar-refractivity contribution < 1.29 is 14.0 Å². The van der Waals surface area contributed by atoms with Crippen LogP contribution in [0.25, 0.3) is 0 Å². The maximum absolute atomic E-state index is 14.7. The molecule has 26 heavy (non-hydrogen) atoms. The third-order valence-electron chi connectivity index (χ3n) is 5.19. The molecule has 1 fully saturated rings. The van der Waals surface area contributed by atoms with E-state index < -0.39 is 5.41 Å². The monoisotopic (exact) mass is 361 g/mol. The summed E-state index contributed by atoms with van der Waals surface area (Å²) in [6, 6.07) is 3.51. The molecule has 0 aromatic heterocycles. The minimum atomic E-state index is -0.461. The molecular weight excluding hydrogens is 333 g/mol. The quantitative estimate of drug-likeness (QED) is 0.851. The van der Waals surface area contributed by atoms with E-state index in [4.69, 9.17) is 0 Å². The van der Waals surface area contributed by atoms with Gasteiger partial charge in [-0.25, -0.2) is 4.39 Å². The van der Waals surface area contributed by atoms with Crippen molar-refractivity contribution in [2.45, 2.75) is 46.6 Å². The van der Waals surface area contributed by atoms with Crippen molar-refractivity contribution in [2.24, 2.45) is 11.3 Å². The van der Waals surface area contributed by atoms with Gasteiger partial charge in [-0.3, -0.25) is 9.59 Å². The lowest BCUT2D eigenvalue weighted by molar-refractivity contribution is -0.142. The molecule has 3 rings (SSSR count). The summed E-state index contributed by atoms with van der Waals surface area (Å²) in [5.41, 5.74) is 1.42. The second-order valence-corrected chi connectivity index (χ2v) is 8.32. The van der Waals surface area contributed by atoms with Crippen LogP contribution in [0.1, 0.15) is 44.7 Å². The Hall–Kier alpha value is -1.95. The topological polar surface area (TPSA) is 61.4 Å². The van der Waals surface area contributed by atoms with Crippen LogP contribution in [0.15, 0.2) is 12.1 Å². The summed E-state index contributed by atoms with van der Waals surface area (Å²) in [7, 11) is 0. The third-order valence-corrected chi connectivity index (χ3v) is 5.19. The van der Waals surface area contributed by atoms with Crippen molar-refractivity contribution >= 4 is 17.5 Å². The van der Waals surface area contributed by atoms with Crippen LogP contribution in [0.3, 0.4) is 0 Å². The third kappa shape index (κ3) is 3.90. The van der Waals surface area contributed by atoms with Gasteiger partial charge in [-0.1, -0.05) is 26.8 Å². The highest BCUT2D eigenvalue weighted by atomic mass is 19.1. The number of anilines is 1. The minimum Gasteiger partial charge on any atom is -0.341 e. The first-order valence-electron chi connectivity index (χ1n) is 9.38. The molecule has 0 spiro atoms. The average Bonchev–Trinajstić information content (AvgIpc) is 2.63. The second kappa shape index (κ2) is 7.35. The molecule has 0 saturated carbocycles. The van der Waals surface area contributed by atoms with Gasteiger partial charge >= 0.3 is 0 Å². The Morgan fingerprint density at radius 2 is 2.08 bits per heavy atom. The van der Waals surface area contributed by atoms with Crippen LogP contribution in [0, 0.1) is 17.2 Å². The Labute approximate surface area is 154 Å². The first kappa shape index (κ1) is 18.8. The standard InChI is InChI=1S/C20H28FN3O2/c1-20(2,3)19(26)24-10-4-5-14(12-24)18(25)23-16-7-6-13-11-22-9-8-15(13)17(16)21/h6-7,14,22H,4-5,8-12H2,1-3H3,(H,23,25). The van der Waals surface area contributed by atoms with Crippen molar-refractivity contribution in [3.8, 4) is 0 Å². The van der Waals surface area contributed by atoms with E-state index in [-0.39, 0.29) is 29.2 Å². The van der Waals surface area contributed by atoms with Gasteiger partial charge in [0.1, 0.15) is 5.82 Å². The molecule has 1 atom stereocenters. The molecule has 2 N–H and O–H groups in total. The number of piperidine rings is 1. The highest BCUT2D eigenvalue weighted by Gasteiger charge is 2.33. The smallest absolute Gasteiger partial charge is 0.229 e. The van der Waals surface area contributed by atoms with Crippen LogP contribution in [0.2, 0.25) is 0 Å². The predicted molar refractivity (Wildman–Crippen MR) is 99.2 cm³/mol. The zero-order valence-corrected chi connectivity index (χ0v) is 15.8. The fraction of sp³-hybridized carbons (Fsp3) is 0.600. The molecule has 1 aromatic carbocycles. The predicted octanol–water partition coefficient (Wildman–Crippen LogP) is 2.69. The Morgan fingerprint density at radius 3 is 2.81 bits per heavy atom. The van der Waals surface area contributed by atoms with Gasteiger partial charge in [0.25, 0.3) is 0 Å². The molecule has 1 aromatic rings. The summed E-state index contributed by atoms with van der Waals surface area (Å²) in [6.07, 6.45) is 2.14. The van der Waals surface area contributed by atoms with Crippen molar-refractivity contribution in [2.75, 3.05) is 25.0 Å². The van der Waals surface area contributed by atoms with Crippen molar-refractivity contribution in [3.05, 3.63) is 29.1 Å². The number of likely N-dealkylation sites (tertiary alicyclic amines) is 1. The first-order valence-corrected chi connectivity index (χ1v) is 9.38. The number of carbonyl (C=O) groups excluding carboxylic acids is 2. The lowest BCUT2D eigenvalue weighted by atomic mass is 9.91. The summed E-state index contributed by atoms with van der Waals surface area (Å²) < 4.78 is 14.7. The van der Waals surface area contributed by atoms with Crippen LogP contribution < -0.4 is 10.6 Å². The van der Waals surface area contributed by atoms with E-state index in [0.29, 0.717) is 31.6 Å². The highest BCUT2D eigenvalue weighted by Crippen LogP contribution is 2.27.